The molecule has 2 saturated heterocycles. The third-order valence-corrected chi connectivity index (χ3v) is 6.54. The van der Waals surface area contributed by atoms with Crippen LogP contribution in [-0.2, 0) is 14.3 Å². The molecular weight excluding hydrogens is 460 g/mol. The minimum atomic E-state index is -0.714. The van der Waals surface area contributed by atoms with Crippen LogP contribution in [-0.4, -0.2) is 79.7 Å². The minimum absolute atomic E-state index is 0.0753. The fourth-order valence-electron chi connectivity index (χ4n) is 4.58. The lowest BCUT2D eigenvalue weighted by molar-refractivity contribution is -0.140. The lowest BCUT2D eigenvalue weighted by Crippen LogP contribution is -2.42. The molecule has 0 bridgehead atoms. The number of methoxy groups -OCH3 is 1. The van der Waals surface area contributed by atoms with E-state index in [1.165, 1.54) is 0 Å². The van der Waals surface area contributed by atoms with E-state index in [2.05, 4.69) is 11.5 Å². The van der Waals surface area contributed by atoms with Crippen molar-refractivity contribution in [2.75, 3.05) is 53.1 Å². The Balaban J connectivity index is 1.72. The highest BCUT2D eigenvalue weighted by atomic mass is 16.5. The van der Waals surface area contributed by atoms with Crippen molar-refractivity contribution in [3.8, 4) is 11.5 Å². The number of aryl methyl sites for hydroxylation is 1. The van der Waals surface area contributed by atoms with Crippen molar-refractivity contribution >= 4 is 17.4 Å². The Labute approximate surface area is 211 Å². The number of carbonyl (C=O) groups excluding carboxylic acids is 2. The molecule has 1 atom stereocenters. The Morgan fingerprint density at radius 2 is 1.86 bits per heavy atom. The number of morpholine rings is 1. The Hall–Kier alpha value is -3.62. The molecule has 4 rings (SSSR count). The summed E-state index contributed by atoms with van der Waals surface area (Å²) in [6, 6.07) is 11.7. The fourth-order valence-corrected chi connectivity index (χ4v) is 4.58. The molecule has 8 heteroatoms. The van der Waals surface area contributed by atoms with Gasteiger partial charge in [0.1, 0.15) is 23.9 Å². The molecule has 2 aromatic carbocycles. The number of likely N-dealkylation sites (tertiary alicyclic amines) is 1. The summed E-state index contributed by atoms with van der Waals surface area (Å²) in [6.07, 6.45) is 1.65. The van der Waals surface area contributed by atoms with E-state index in [4.69, 9.17) is 14.2 Å². The number of ketones is 1. The van der Waals surface area contributed by atoms with Crippen LogP contribution in [0.2, 0.25) is 0 Å². The van der Waals surface area contributed by atoms with Gasteiger partial charge < -0.3 is 24.2 Å². The van der Waals surface area contributed by atoms with Gasteiger partial charge in [-0.2, -0.15) is 0 Å². The highest BCUT2D eigenvalue weighted by molar-refractivity contribution is 6.46. The molecule has 0 aliphatic carbocycles. The number of ether oxygens (including phenoxy) is 3. The van der Waals surface area contributed by atoms with E-state index >= 15 is 0 Å². The number of hydrogen-bond acceptors (Lipinski definition) is 7. The predicted molar refractivity (Wildman–Crippen MR) is 136 cm³/mol. The van der Waals surface area contributed by atoms with Gasteiger partial charge in [-0.15, -0.1) is 0 Å². The predicted octanol–water partition coefficient (Wildman–Crippen LogP) is 3.32. The lowest BCUT2D eigenvalue weighted by atomic mass is 9.94. The van der Waals surface area contributed by atoms with E-state index in [1.54, 1.807) is 48.4 Å². The summed E-state index contributed by atoms with van der Waals surface area (Å²) in [4.78, 5) is 30.2. The molecule has 0 saturated carbocycles. The Morgan fingerprint density at radius 3 is 2.50 bits per heavy atom. The van der Waals surface area contributed by atoms with Crippen molar-refractivity contribution in [3.05, 3.63) is 77.4 Å². The van der Waals surface area contributed by atoms with E-state index in [0.717, 1.165) is 24.2 Å². The summed E-state index contributed by atoms with van der Waals surface area (Å²) in [5.41, 5.74) is 2.04. The Bertz CT molecular complexity index is 1150. The van der Waals surface area contributed by atoms with Crippen LogP contribution in [0.3, 0.4) is 0 Å². The van der Waals surface area contributed by atoms with Crippen molar-refractivity contribution < 1.29 is 28.9 Å². The SMILES string of the molecule is C=CCOc1ccc(C(O)=C2C(=O)C(=O)N(CCN3CCOCC3)[C@H]2c2ccc(OC)cc2)cc1C. The van der Waals surface area contributed by atoms with Crippen molar-refractivity contribution in [2.45, 2.75) is 13.0 Å². The molecule has 0 unspecified atom stereocenters. The summed E-state index contributed by atoms with van der Waals surface area (Å²) in [7, 11) is 1.58. The Morgan fingerprint density at radius 1 is 1.14 bits per heavy atom. The van der Waals surface area contributed by atoms with Crippen molar-refractivity contribution in [1.82, 2.24) is 9.80 Å². The fraction of sp³-hybridized carbons (Fsp3) is 0.357. The molecule has 2 fully saturated rings. The zero-order chi connectivity index (χ0) is 25.7. The van der Waals surface area contributed by atoms with Crippen LogP contribution in [0.5, 0.6) is 11.5 Å². The molecule has 0 spiro atoms. The Kier molecular flexibility index (Phi) is 8.07. The van der Waals surface area contributed by atoms with E-state index in [0.29, 0.717) is 50.0 Å². The van der Waals surface area contributed by atoms with Gasteiger partial charge in [-0.3, -0.25) is 14.5 Å². The number of hydrogen-bond donors (Lipinski definition) is 1. The van der Waals surface area contributed by atoms with Gasteiger partial charge in [-0.05, 0) is 48.4 Å². The average molecular weight is 493 g/mol. The summed E-state index contributed by atoms with van der Waals surface area (Å²) in [6.45, 7) is 9.67. The summed E-state index contributed by atoms with van der Waals surface area (Å²) in [5, 5.41) is 11.3. The monoisotopic (exact) mass is 492 g/mol. The van der Waals surface area contributed by atoms with Gasteiger partial charge in [0, 0.05) is 31.7 Å². The zero-order valence-electron chi connectivity index (χ0n) is 20.7. The van der Waals surface area contributed by atoms with Crippen LogP contribution >= 0.6 is 0 Å². The van der Waals surface area contributed by atoms with Crippen LogP contribution in [0.1, 0.15) is 22.7 Å². The molecule has 1 amide bonds. The van der Waals surface area contributed by atoms with E-state index in [9.17, 15) is 14.7 Å². The molecule has 2 aromatic rings. The quantitative estimate of drug-likeness (QED) is 0.249. The van der Waals surface area contributed by atoms with Crippen molar-refractivity contribution in [2.24, 2.45) is 0 Å². The molecule has 8 nitrogen and oxygen atoms in total. The van der Waals surface area contributed by atoms with Gasteiger partial charge in [-0.1, -0.05) is 24.8 Å². The van der Waals surface area contributed by atoms with Gasteiger partial charge in [0.25, 0.3) is 11.7 Å². The third kappa shape index (κ3) is 5.29. The number of amides is 1. The van der Waals surface area contributed by atoms with E-state index in [-0.39, 0.29) is 11.3 Å². The topological polar surface area (TPSA) is 88.5 Å². The zero-order valence-corrected chi connectivity index (χ0v) is 20.7. The normalized spacial score (nSPS) is 19.9. The number of Topliss-reactive ketones (excluding diaryl/α,β-unsaturated/α-hetero) is 1. The molecule has 36 heavy (non-hydrogen) atoms. The number of aliphatic hydroxyl groups is 1. The molecule has 2 aliphatic rings. The lowest BCUT2D eigenvalue weighted by Gasteiger charge is -2.31. The first-order valence-corrected chi connectivity index (χ1v) is 12.0. The highest BCUT2D eigenvalue weighted by Crippen LogP contribution is 2.40. The van der Waals surface area contributed by atoms with Crippen LogP contribution in [0.4, 0.5) is 0 Å². The number of rotatable bonds is 9. The van der Waals surface area contributed by atoms with Gasteiger partial charge in [-0.25, -0.2) is 0 Å². The maximum atomic E-state index is 13.3. The molecule has 1 N–H and O–H groups in total. The number of nitrogens with zero attached hydrogens (tertiary/aromatic N) is 2. The first kappa shape index (κ1) is 25.5. The van der Waals surface area contributed by atoms with Gasteiger partial charge in [0.2, 0.25) is 0 Å². The molecule has 2 aliphatic heterocycles. The van der Waals surface area contributed by atoms with Gasteiger partial charge in [0.05, 0.1) is 31.9 Å². The largest absolute Gasteiger partial charge is 0.507 e. The van der Waals surface area contributed by atoms with E-state index < -0.39 is 17.7 Å². The standard InChI is InChI=1S/C28H32N2O6/c1-4-15-36-23-10-7-21(18-19(23)2)26(31)24-25(20-5-8-22(34-3)9-6-20)30(28(33)27(24)32)12-11-29-13-16-35-17-14-29/h4-10,18,25,31H,1,11-17H2,2-3H3/t25-/m0/s1. The molecular formula is C28H32N2O6. The maximum Gasteiger partial charge on any atom is 0.295 e. The molecule has 0 aromatic heterocycles. The van der Waals surface area contributed by atoms with Gasteiger partial charge >= 0.3 is 0 Å². The number of benzene rings is 2. The van der Waals surface area contributed by atoms with Crippen LogP contribution < -0.4 is 9.47 Å². The first-order chi connectivity index (χ1) is 17.4. The van der Waals surface area contributed by atoms with Crippen LogP contribution in [0, 0.1) is 6.92 Å². The first-order valence-electron chi connectivity index (χ1n) is 12.0. The second-order valence-corrected chi connectivity index (χ2v) is 8.80. The minimum Gasteiger partial charge on any atom is -0.507 e. The number of carbonyl (C=O) groups is 2. The van der Waals surface area contributed by atoms with Crippen LogP contribution in [0.15, 0.2) is 60.7 Å². The molecule has 190 valence electrons. The highest BCUT2D eigenvalue weighted by Gasteiger charge is 2.46. The van der Waals surface area contributed by atoms with Crippen molar-refractivity contribution in [1.29, 1.82) is 0 Å². The molecule has 0 radical (unpaired) electrons. The van der Waals surface area contributed by atoms with Crippen LogP contribution in [0.25, 0.3) is 5.76 Å². The summed E-state index contributed by atoms with van der Waals surface area (Å²) >= 11 is 0. The number of aliphatic hydroxyl groups excluding tert-OH is 1. The van der Waals surface area contributed by atoms with E-state index in [1.807, 2.05) is 19.1 Å². The second kappa shape index (κ2) is 11.4. The third-order valence-electron chi connectivity index (χ3n) is 6.54. The summed E-state index contributed by atoms with van der Waals surface area (Å²) in [5.74, 6) is -0.200. The average Bonchev–Trinajstić information content (AvgIpc) is 3.16. The summed E-state index contributed by atoms with van der Waals surface area (Å²) < 4.78 is 16.3. The smallest absolute Gasteiger partial charge is 0.295 e. The van der Waals surface area contributed by atoms with Crippen molar-refractivity contribution in [3.63, 3.8) is 0 Å². The molecule has 2 heterocycles. The second-order valence-electron chi connectivity index (χ2n) is 8.80. The van der Waals surface area contributed by atoms with Gasteiger partial charge in [0.15, 0.2) is 0 Å². The maximum absolute atomic E-state index is 13.3.